The Hall–Kier alpha value is -6.81. The summed E-state index contributed by atoms with van der Waals surface area (Å²) in [5.41, 5.74) is 2.27. The van der Waals surface area contributed by atoms with Gasteiger partial charge in [0.25, 0.3) is 23.6 Å². The lowest BCUT2D eigenvalue weighted by Crippen LogP contribution is -2.31. The maximum atomic E-state index is 14.4. The van der Waals surface area contributed by atoms with Gasteiger partial charge in [0.05, 0.1) is 22.6 Å². The number of aromatic hydroxyl groups is 1. The van der Waals surface area contributed by atoms with Gasteiger partial charge in [-0.05, 0) is 106 Å². The SMILES string of the molecule is CC(C)(C)OP(=O)(Oc1cc2c(c3ccccc13)[C@H](CCl)CN2C(=O)/C=C/c1ccc(/C=C/C(=O)N2C[C@@H](CCl)c3c2cc(O)c2ccccc32)c(NC(=O)CCNC(=O)CCCCCN2C(=O)C=CC2=O)c1)OC(C)(C)C. The van der Waals surface area contributed by atoms with Gasteiger partial charge < -0.3 is 30.1 Å². The van der Waals surface area contributed by atoms with E-state index in [2.05, 4.69) is 10.6 Å². The van der Waals surface area contributed by atoms with Gasteiger partial charge in [-0.3, -0.25) is 42.7 Å². The van der Waals surface area contributed by atoms with E-state index in [1.165, 1.54) is 24.3 Å². The number of carbonyl (C=O) groups is 6. The van der Waals surface area contributed by atoms with Crippen molar-refractivity contribution in [2.45, 2.75) is 96.7 Å². The number of hydrogen-bond acceptors (Lipinski definition) is 11. The van der Waals surface area contributed by atoms with Crippen LogP contribution in [-0.4, -0.2) is 94.6 Å². The minimum absolute atomic E-state index is 0.0352. The zero-order valence-electron chi connectivity index (χ0n) is 44.5. The van der Waals surface area contributed by atoms with Gasteiger partial charge in [0.15, 0.2) is 0 Å². The van der Waals surface area contributed by atoms with Gasteiger partial charge in [-0.15, -0.1) is 23.2 Å². The van der Waals surface area contributed by atoms with Crippen LogP contribution < -0.4 is 25.0 Å². The summed E-state index contributed by atoms with van der Waals surface area (Å²) in [6, 6.07) is 23.2. The molecule has 410 valence electrons. The topological polar surface area (TPSA) is 201 Å². The number of anilines is 3. The van der Waals surface area contributed by atoms with Gasteiger partial charge in [0.2, 0.25) is 11.8 Å². The molecule has 6 amide bonds. The number of rotatable bonds is 20. The predicted molar refractivity (Wildman–Crippen MR) is 306 cm³/mol. The van der Waals surface area contributed by atoms with Crippen LogP contribution in [0.15, 0.2) is 103 Å². The quantitative estimate of drug-likeness (QED) is 0.0220. The van der Waals surface area contributed by atoms with Crippen molar-refractivity contribution < 1.29 is 52.0 Å². The van der Waals surface area contributed by atoms with E-state index < -0.39 is 30.8 Å². The molecule has 0 bridgehead atoms. The average molecular weight is 1120 g/mol. The van der Waals surface area contributed by atoms with Gasteiger partial charge in [-0.1, -0.05) is 67.1 Å². The number of imide groups is 1. The fourth-order valence-corrected chi connectivity index (χ4v) is 12.2. The molecule has 3 aliphatic heterocycles. The molecule has 3 N–H and O–H groups in total. The second-order valence-electron chi connectivity index (χ2n) is 21.4. The number of halogens is 2. The van der Waals surface area contributed by atoms with Crippen molar-refractivity contribution in [3.63, 3.8) is 0 Å². The number of unbranched alkanes of at least 4 members (excludes halogenated alkanes) is 2. The molecule has 0 spiro atoms. The van der Waals surface area contributed by atoms with Gasteiger partial charge in [0, 0.05) is 116 Å². The molecule has 78 heavy (non-hydrogen) atoms. The number of fused-ring (bicyclic) bond motifs is 6. The number of nitrogens with zero attached hydrogens (tertiary/aromatic N) is 3. The number of hydrogen-bond donors (Lipinski definition) is 3. The lowest BCUT2D eigenvalue weighted by atomic mass is 9.95. The number of alkyl halides is 2. The molecule has 19 heteroatoms. The molecule has 0 saturated heterocycles. The number of phosphoric ester groups is 1. The third kappa shape index (κ3) is 13.5. The van der Waals surface area contributed by atoms with Gasteiger partial charge >= 0.3 is 7.82 Å². The first-order valence-electron chi connectivity index (χ1n) is 25.9. The molecule has 5 aromatic carbocycles. The van der Waals surface area contributed by atoms with E-state index in [9.17, 15) is 38.4 Å². The lowest BCUT2D eigenvalue weighted by Gasteiger charge is -2.31. The highest BCUT2D eigenvalue weighted by Gasteiger charge is 2.41. The lowest BCUT2D eigenvalue weighted by molar-refractivity contribution is -0.137. The first-order valence-corrected chi connectivity index (χ1v) is 28.4. The third-order valence-electron chi connectivity index (χ3n) is 13.2. The second kappa shape index (κ2) is 24.1. The Bertz CT molecular complexity index is 3290. The van der Waals surface area contributed by atoms with E-state index in [0.29, 0.717) is 58.2 Å². The molecular formula is C59H64Cl2N5O11P. The van der Waals surface area contributed by atoms with Crippen LogP contribution in [0.4, 0.5) is 17.1 Å². The van der Waals surface area contributed by atoms with E-state index in [0.717, 1.165) is 26.8 Å². The smallest absolute Gasteiger partial charge is 0.507 e. The number of amides is 6. The van der Waals surface area contributed by atoms with Crippen LogP contribution in [-0.2, 0) is 42.4 Å². The molecule has 0 unspecified atom stereocenters. The van der Waals surface area contributed by atoms with Crippen LogP contribution in [0.1, 0.15) is 108 Å². The number of benzene rings is 5. The molecule has 0 saturated carbocycles. The Morgan fingerprint density at radius 1 is 0.692 bits per heavy atom. The van der Waals surface area contributed by atoms with Crippen molar-refractivity contribution >= 4 is 117 Å². The molecule has 16 nitrogen and oxygen atoms in total. The van der Waals surface area contributed by atoms with Crippen molar-refractivity contribution in [1.82, 2.24) is 10.2 Å². The normalized spacial score (nSPS) is 16.5. The number of nitrogens with one attached hydrogen (secondary N) is 2. The minimum atomic E-state index is -4.27. The van der Waals surface area contributed by atoms with Crippen LogP contribution >= 0.6 is 31.0 Å². The van der Waals surface area contributed by atoms with Crippen LogP contribution in [0.2, 0.25) is 0 Å². The number of carbonyl (C=O) groups excluding carboxylic acids is 6. The van der Waals surface area contributed by atoms with E-state index in [1.807, 2.05) is 48.5 Å². The van der Waals surface area contributed by atoms with Crippen molar-refractivity contribution in [1.29, 1.82) is 0 Å². The fourth-order valence-electron chi connectivity index (χ4n) is 9.87. The maximum Gasteiger partial charge on any atom is 0.531 e. The summed E-state index contributed by atoms with van der Waals surface area (Å²) in [4.78, 5) is 82.7. The van der Waals surface area contributed by atoms with Crippen LogP contribution in [0.5, 0.6) is 11.5 Å². The number of phosphoric acid groups is 1. The highest BCUT2D eigenvalue weighted by molar-refractivity contribution is 7.49. The van der Waals surface area contributed by atoms with Gasteiger partial charge in [0.1, 0.15) is 11.5 Å². The van der Waals surface area contributed by atoms with Crippen molar-refractivity contribution in [2.24, 2.45) is 0 Å². The van der Waals surface area contributed by atoms with Crippen molar-refractivity contribution in [3.8, 4) is 11.5 Å². The molecule has 5 aromatic rings. The van der Waals surface area contributed by atoms with Crippen LogP contribution in [0.3, 0.4) is 0 Å². The highest BCUT2D eigenvalue weighted by Crippen LogP contribution is 2.57. The van der Waals surface area contributed by atoms with E-state index >= 15 is 0 Å². The molecule has 0 aromatic heterocycles. The summed E-state index contributed by atoms with van der Waals surface area (Å²) >= 11 is 13.1. The van der Waals surface area contributed by atoms with Crippen molar-refractivity contribution in [2.75, 3.05) is 53.1 Å². The fraction of sp³-hybridized carbons (Fsp3) is 0.356. The van der Waals surface area contributed by atoms with E-state index in [1.54, 1.807) is 93.8 Å². The Morgan fingerprint density at radius 2 is 1.24 bits per heavy atom. The zero-order valence-corrected chi connectivity index (χ0v) is 46.9. The Balaban J connectivity index is 1.02. The molecule has 0 fully saturated rings. The van der Waals surface area contributed by atoms with Crippen LogP contribution in [0.25, 0.3) is 33.7 Å². The Morgan fingerprint density at radius 3 is 1.83 bits per heavy atom. The Kier molecular flexibility index (Phi) is 17.7. The molecule has 0 aliphatic carbocycles. The standard InChI is InChI=1S/C59H64Cl2N5O11P/c1-58(2,3)76-78(74,77-59(4,5)6)75-49-32-47-57(44-17-12-10-15-42(44)49)40(34-61)36-66(47)54(72)23-20-37-19-21-38(22-24-55(73)65-35-39(33-60)56-43-16-11-9-14-41(43)48(67)31-46(56)65)45(30-37)63-51(69)27-28-62-50(68)18-8-7-13-29-64-52(70)25-26-53(64)71/h9-12,14-17,19-26,30-32,39-40,67H,7-8,13,18,27-29,33-36H2,1-6H3,(H,62,68)(H,63,69)/b23-20+,24-22+/t39-,40-/m1/s1. The monoisotopic (exact) mass is 1120 g/mol. The number of phenols is 1. The molecule has 2 atom stereocenters. The summed E-state index contributed by atoms with van der Waals surface area (Å²) < 4.78 is 32.6. The first-order chi connectivity index (χ1) is 37.0. The number of phenolic OH excluding ortho intramolecular Hbond substituents is 1. The molecule has 3 aliphatic rings. The average Bonchev–Trinajstić information content (AvgIpc) is 4.28. The largest absolute Gasteiger partial charge is 0.531 e. The van der Waals surface area contributed by atoms with E-state index in [4.69, 9.17) is 36.8 Å². The van der Waals surface area contributed by atoms with E-state index in [-0.39, 0.29) is 97.7 Å². The second-order valence-corrected chi connectivity index (χ2v) is 23.5. The van der Waals surface area contributed by atoms with Gasteiger partial charge in [-0.2, -0.15) is 0 Å². The predicted octanol–water partition coefficient (Wildman–Crippen LogP) is 11.5. The summed E-state index contributed by atoms with van der Waals surface area (Å²) in [6.45, 7) is 11.3. The molecule has 3 heterocycles. The third-order valence-corrected chi connectivity index (χ3v) is 15.9. The molecular weight excluding hydrogens is 1060 g/mol. The van der Waals surface area contributed by atoms with Gasteiger partial charge in [-0.25, -0.2) is 4.57 Å². The maximum absolute atomic E-state index is 14.4. The summed E-state index contributed by atoms with van der Waals surface area (Å²) in [5, 5.41) is 19.5. The first kappa shape index (κ1) is 57.4. The Labute approximate surface area is 464 Å². The summed E-state index contributed by atoms with van der Waals surface area (Å²) in [5.74, 6) is -1.91. The summed E-state index contributed by atoms with van der Waals surface area (Å²) in [7, 11) is -4.27. The zero-order chi connectivity index (χ0) is 56.1. The highest BCUT2D eigenvalue weighted by atomic mass is 35.5. The van der Waals surface area contributed by atoms with Crippen LogP contribution in [0, 0.1) is 0 Å². The summed E-state index contributed by atoms with van der Waals surface area (Å²) in [6.07, 6.45) is 10.3. The van der Waals surface area contributed by atoms with Crippen molar-refractivity contribution in [3.05, 3.63) is 125 Å². The molecule has 0 radical (unpaired) electrons. The minimum Gasteiger partial charge on any atom is -0.507 e. The molecule has 8 rings (SSSR count).